The van der Waals surface area contributed by atoms with E-state index in [-0.39, 0.29) is 5.75 Å². The molecule has 0 N–H and O–H groups in total. The van der Waals surface area contributed by atoms with Crippen LogP contribution < -0.4 is 0 Å². The van der Waals surface area contributed by atoms with Gasteiger partial charge in [-0.05, 0) is 12.1 Å². The molecule has 1 aromatic carbocycles. The van der Waals surface area contributed by atoms with Gasteiger partial charge in [-0.1, -0.05) is 23.4 Å². The Morgan fingerprint density at radius 1 is 1.25 bits per heavy atom. The predicted molar refractivity (Wildman–Crippen MR) is 59.8 cm³/mol. The van der Waals surface area contributed by atoms with E-state index in [0.717, 1.165) is 5.69 Å². The maximum Gasteiger partial charge on any atom is 0.238 e. The fourth-order valence-corrected chi connectivity index (χ4v) is 2.07. The van der Waals surface area contributed by atoms with Gasteiger partial charge in [0.05, 0.1) is 17.6 Å². The average Bonchev–Trinajstić information content (AvgIpc) is 2.65. The summed E-state index contributed by atoms with van der Waals surface area (Å²) in [4.78, 5) is 0. The predicted octanol–water partition coefficient (Wildman–Crippen LogP) is 1.34. The third-order valence-electron chi connectivity index (χ3n) is 1.88. The van der Waals surface area contributed by atoms with Crippen LogP contribution in [0.2, 0.25) is 0 Å². The molecular weight excluding hydrogens is 250 g/mol. The lowest BCUT2D eigenvalue weighted by atomic mass is 10.3. The fraction of sp³-hybridized carbons (Fsp3) is 0.111. The smallest absolute Gasteiger partial charge is 0.220 e. The molecule has 1 aromatic heterocycles. The van der Waals surface area contributed by atoms with Crippen LogP contribution in [0.4, 0.5) is 0 Å². The van der Waals surface area contributed by atoms with Crippen molar-refractivity contribution >= 4 is 19.7 Å². The Balaban J connectivity index is 2.27. The highest BCUT2D eigenvalue weighted by Crippen LogP contribution is 2.09. The van der Waals surface area contributed by atoms with Gasteiger partial charge in [-0.2, -0.15) is 0 Å². The van der Waals surface area contributed by atoms with E-state index in [1.54, 1.807) is 0 Å². The molecule has 0 fully saturated rings. The molecule has 0 atom stereocenters. The molecule has 0 amide bonds. The number of rotatable bonds is 3. The van der Waals surface area contributed by atoms with Gasteiger partial charge in [-0.25, -0.2) is 13.1 Å². The van der Waals surface area contributed by atoms with E-state index in [4.69, 9.17) is 10.7 Å². The van der Waals surface area contributed by atoms with Crippen LogP contribution in [0.5, 0.6) is 0 Å². The molecule has 7 heteroatoms. The van der Waals surface area contributed by atoms with Gasteiger partial charge >= 0.3 is 0 Å². The molecule has 0 aliphatic rings. The number of nitrogens with zero attached hydrogens (tertiary/aromatic N) is 3. The Kier molecular flexibility index (Phi) is 2.93. The molecule has 0 radical (unpaired) electrons. The third-order valence-corrected chi connectivity index (χ3v) is 2.85. The normalized spacial score (nSPS) is 11.6. The van der Waals surface area contributed by atoms with E-state index in [1.165, 1.54) is 10.9 Å². The molecule has 0 aliphatic heterocycles. The number of para-hydroxylation sites is 1. The molecular formula is C9H8ClN3O2S. The fourth-order valence-electron chi connectivity index (χ4n) is 1.25. The van der Waals surface area contributed by atoms with Crippen molar-refractivity contribution in [1.82, 2.24) is 15.0 Å². The first-order valence-electron chi connectivity index (χ1n) is 4.43. The number of hydrogen-bond acceptors (Lipinski definition) is 4. The summed E-state index contributed by atoms with van der Waals surface area (Å²) >= 11 is 0. The number of aromatic nitrogens is 3. The highest BCUT2D eigenvalue weighted by Gasteiger charge is 2.11. The van der Waals surface area contributed by atoms with Crippen molar-refractivity contribution in [2.75, 3.05) is 0 Å². The zero-order valence-electron chi connectivity index (χ0n) is 8.12. The molecule has 16 heavy (non-hydrogen) atoms. The van der Waals surface area contributed by atoms with Crippen LogP contribution in [0, 0.1) is 0 Å². The monoisotopic (exact) mass is 257 g/mol. The van der Waals surface area contributed by atoms with Crippen LogP contribution in [0.1, 0.15) is 5.69 Å². The number of halogens is 1. The minimum Gasteiger partial charge on any atom is -0.220 e. The maximum atomic E-state index is 10.8. The van der Waals surface area contributed by atoms with Gasteiger partial charge in [0.15, 0.2) is 0 Å². The minimum atomic E-state index is -3.59. The van der Waals surface area contributed by atoms with Crippen molar-refractivity contribution in [2.45, 2.75) is 5.75 Å². The first-order chi connectivity index (χ1) is 7.54. The van der Waals surface area contributed by atoms with Crippen molar-refractivity contribution in [3.8, 4) is 5.69 Å². The topological polar surface area (TPSA) is 64.8 Å². The van der Waals surface area contributed by atoms with Crippen molar-refractivity contribution in [3.05, 3.63) is 42.2 Å². The Morgan fingerprint density at radius 2 is 1.94 bits per heavy atom. The molecule has 0 saturated heterocycles. The Morgan fingerprint density at radius 3 is 2.56 bits per heavy atom. The summed E-state index contributed by atoms with van der Waals surface area (Å²) in [6.07, 6.45) is 1.54. The first-order valence-corrected chi connectivity index (χ1v) is 6.91. The second-order valence-corrected chi connectivity index (χ2v) is 5.95. The molecule has 0 saturated carbocycles. The van der Waals surface area contributed by atoms with Gasteiger partial charge < -0.3 is 0 Å². The summed E-state index contributed by atoms with van der Waals surface area (Å²) in [5.74, 6) is -0.318. The zero-order chi connectivity index (χ0) is 11.6. The molecule has 2 rings (SSSR count). The van der Waals surface area contributed by atoms with Crippen LogP contribution >= 0.6 is 10.7 Å². The van der Waals surface area contributed by atoms with Crippen molar-refractivity contribution in [3.63, 3.8) is 0 Å². The molecule has 0 unspecified atom stereocenters. The standard InChI is InChI=1S/C9H8ClN3O2S/c10-16(14,15)7-8-6-13(12-11-8)9-4-2-1-3-5-9/h1-6H,7H2. The van der Waals surface area contributed by atoms with Crippen LogP contribution in [-0.4, -0.2) is 23.4 Å². The Bertz CT molecular complexity index is 580. The van der Waals surface area contributed by atoms with E-state index >= 15 is 0 Å². The molecule has 0 aliphatic carbocycles. The minimum absolute atomic E-state index is 0.318. The quantitative estimate of drug-likeness (QED) is 0.779. The molecule has 0 spiro atoms. The van der Waals surface area contributed by atoms with Crippen LogP contribution in [0.3, 0.4) is 0 Å². The molecule has 0 bridgehead atoms. The largest absolute Gasteiger partial charge is 0.238 e. The van der Waals surface area contributed by atoms with Gasteiger partial charge in [0.25, 0.3) is 0 Å². The molecule has 84 valence electrons. The molecule has 2 aromatic rings. The second kappa shape index (κ2) is 4.23. The van der Waals surface area contributed by atoms with E-state index in [0.29, 0.717) is 5.69 Å². The van der Waals surface area contributed by atoms with Crippen LogP contribution in [0.15, 0.2) is 36.5 Å². The van der Waals surface area contributed by atoms with Crippen molar-refractivity contribution in [1.29, 1.82) is 0 Å². The lowest BCUT2D eigenvalue weighted by Crippen LogP contribution is -1.95. The Labute approximate surface area is 97.1 Å². The third kappa shape index (κ3) is 2.80. The maximum absolute atomic E-state index is 10.8. The van der Waals surface area contributed by atoms with E-state index < -0.39 is 9.05 Å². The summed E-state index contributed by atoms with van der Waals surface area (Å²) < 4.78 is 23.2. The molecule has 5 nitrogen and oxygen atoms in total. The highest BCUT2D eigenvalue weighted by atomic mass is 35.7. The summed E-state index contributed by atoms with van der Waals surface area (Å²) in [6, 6.07) is 9.27. The molecule has 1 heterocycles. The average molecular weight is 258 g/mol. The van der Waals surface area contributed by atoms with Gasteiger partial charge in [-0.15, -0.1) is 5.10 Å². The number of benzene rings is 1. The zero-order valence-corrected chi connectivity index (χ0v) is 9.69. The van der Waals surface area contributed by atoms with Crippen LogP contribution in [-0.2, 0) is 14.8 Å². The summed E-state index contributed by atoms with van der Waals surface area (Å²) in [5.41, 5.74) is 1.13. The summed E-state index contributed by atoms with van der Waals surface area (Å²) in [6.45, 7) is 0. The van der Waals surface area contributed by atoms with E-state index in [1.807, 2.05) is 30.3 Å². The van der Waals surface area contributed by atoms with Gasteiger partial charge in [0.1, 0.15) is 5.75 Å². The van der Waals surface area contributed by atoms with E-state index in [2.05, 4.69) is 10.3 Å². The lowest BCUT2D eigenvalue weighted by Gasteiger charge is -1.96. The second-order valence-electron chi connectivity index (χ2n) is 3.17. The Hall–Kier alpha value is -1.40. The van der Waals surface area contributed by atoms with Gasteiger partial charge in [0, 0.05) is 10.7 Å². The van der Waals surface area contributed by atoms with Crippen molar-refractivity contribution < 1.29 is 8.42 Å². The van der Waals surface area contributed by atoms with Crippen LogP contribution in [0.25, 0.3) is 5.69 Å². The SMILES string of the molecule is O=S(=O)(Cl)Cc1cn(-c2ccccc2)nn1. The first kappa shape index (κ1) is 11.1. The lowest BCUT2D eigenvalue weighted by molar-refractivity contribution is 0.608. The van der Waals surface area contributed by atoms with Gasteiger partial charge in [0.2, 0.25) is 9.05 Å². The summed E-state index contributed by atoms with van der Waals surface area (Å²) in [7, 11) is 1.53. The van der Waals surface area contributed by atoms with Gasteiger partial charge in [-0.3, -0.25) is 0 Å². The summed E-state index contributed by atoms with van der Waals surface area (Å²) in [5, 5.41) is 7.54. The highest BCUT2D eigenvalue weighted by molar-refractivity contribution is 8.13. The van der Waals surface area contributed by atoms with E-state index in [9.17, 15) is 8.42 Å². The number of hydrogen-bond donors (Lipinski definition) is 0. The van der Waals surface area contributed by atoms with Crippen molar-refractivity contribution in [2.24, 2.45) is 0 Å².